The predicted molar refractivity (Wildman–Crippen MR) is 100 cm³/mol. The molecule has 1 aromatic heterocycles. The molecule has 2 aromatic rings. The van der Waals surface area contributed by atoms with E-state index in [0.29, 0.717) is 0 Å². The van der Waals surface area contributed by atoms with E-state index in [9.17, 15) is 0 Å². The Morgan fingerprint density at radius 2 is 1.92 bits per heavy atom. The smallest absolute Gasteiger partial charge is 0.193 e. The number of benzene rings is 1. The van der Waals surface area contributed by atoms with E-state index in [1.807, 2.05) is 24.8 Å². The number of aliphatic imine (C=N–C) groups is 1. The van der Waals surface area contributed by atoms with E-state index in [1.165, 1.54) is 22.5 Å². The van der Waals surface area contributed by atoms with Gasteiger partial charge in [0.2, 0.25) is 0 Å². The van der Waals surface area contributed by atoms with Crippen LogP contribution in [0.3, 0.4) is 0 Å². The third kappa shape index (κ3) is 4.16. The van der Waals surface area contributed by atoms with Crippen LogP contribution in [-0.4, -0.2) is 34.7 Å². The summed E-state index contributed by atoms with van der Waals surface area (Å²) in [6, 6.07) is 10.4. The maximum Gasteiger partial charge on any atom is 0.193 e. The molecule has 2 rings (SSSR count). The molecule has 0 saturated carbocycles. The lowest BCUT2D eigenvalue weighted by atomic mass is 10.1. The standard InChI is InChI=1S/C19H29N5/c1-6-17-16(18(7-2)24(5)22-17)13-21-19(20-3)23(4)14-15-11-9-8-10-12-15/h8-12H,6-7,13-14H2,1-5H3,(H,20,21). The summed E-state index contributed by atoms with van der Waals surface area (Å²) in [6.45, 7) is 5.92. The van der Waals surface area contributed by atoms with Crippen LogP contribution in [0.2, 0.25) is 0 Å². The number of nitrogens with zero attached hydrogens (tertiary/aromatic N) is 4. The number of hydrogen-bond donors (Lipinski definition) is 1. The van der Waals surface area contributed by atoms with Gasteiger partial charge in [-0.25, -0.2) is 0 Å². The van der Waals surface area contributed by atoms with Crippen molar-refractivity contribution in [2.75, 3.05) is 14.1 Å². The van der Waals surface area contributed by atoms with E-state index in [4.69, 9.17) is 0 Å². The van der Waals surface area contributed by atoms with Crippen molar-refractivity contribution >= 4 is 5.96 Å². The first-order chi connectivity index (χ1) is 11.6. The topological polar surface area (TPSA) is 45.5 Å². The molecule has 0 aliphatic carbocycles. The fourth-order valence-corrected chi connectivity index (χ4v) is 3.08. The minimum atomic E-state index is 0.756. The number of guanidine groups is 1. The van der Waals surface area contributed by atoms with Crippen molar-refractivity contribution in [3.05, 3.63) is 52.8 Å². The second-order valence-electron chi connectivity index (χ2n) is 5.95. The lowest BCUT2D eigenvalue weighted by Crippen LogP contribution is -2.38. The van der Waals surface area contributed by atoms with E-state index in [0.717, 1.165) is 31.9 Å². The molecule has 0 bridgehead atoms. The highest BCUT2D eigenvalue weighted by atomic mass is 15.3. The molecule has 1 N–H and O–H groups in total. The van der Waals surface area contributed by atoms with Crippen LogP contribution in [-0.2, 0) is 33.0 Å². The summed E-state index contributed by atoms with van der Waals surface area (Å²) in [5.74, 6) is 0.895. The highest BCUT2D eigenvalue weighted by Crippen LogP contribution is 2.15. The summed E-state index contributed by atoms with van der Waals surface area (Å²) >= 11 is 0. The van der Waals surface area contributed by atoms with Gasteiger partial charge in [-0.05, 0) is 18.4 Å². The Morgan fingerprint density at radius 3 is 2.50 bits per heavy atom. The third-order valence-corrected chi connectivity index (χ3v) is 4.29. The quantitative estimate of drug-likeness (QED) is 0.655. The summed E-state index contributed by atoms with van der Waals surface area (Å²) in [5, 5.41) is 8.13. The molecule has 0 unspecified atom stereocenters. The molecule has 0 saturated heterocycles. The molecule has 0 atom stereocenters. The molecular formula is C19H29N5. The van der Waals surface area contributed by atoms with Gasteiger partial charge in [0.1, 0.15) is 0 Å². The maximum absolute atomic E-state index is 4.64. The zero-order valence-corrected chi connectivity index (χ0v) is 15.5. The van der Waals surface area contributed by atoms with Gasteiger partial charge in [0.15, 0.2) is 5.96 Å². The normalized spacial score (nSPS) is 11.6. The van der Waals surface area contributed by atoms with Crippen LogP contribution in [0.4, 0.5) is 0 Å². The Balaban J connectivity index is 2.06. The largest absolute Gasteiger partial charge is 0.352 e. The number of hydrogen-bond acceptors (Lipinski definition) is 2. The Morgan fingerprint density at radius 1 is 1.21 bits per heavy atom. The van der Waals surface area contributed by atoms with E-state index in [1.54, 1.807) is 0 Å². The van der Waals surface area contributed by atoms with Crippen LogP contribution < -0.4 is 5.32 Å². The summed E-state index contributed by atoms with van der Waals surface area (Å²) < 4.78 is 2.01. The summed E-state index contributed by atoms with van der Waals surface area (Å²) in [6.07, 6.45) is 1.93. The van der Waals surface area contributed by atoms with Crippen molar-refractivity contribution < 1.29 is 0 Å². The summed E-state index contributed by atoms with van der Waals surface area (Å²) in [4.78, 5) is 6.56. The van der Waals surface area contributed by atoms with Crippen molar-refractivity contribution in [1.82, 2.24) is 20.0 Å². The van der Waals surface area contributed by atoms with Crippen LogP contribution in [0, 0.1) is 0 Å². The SMILES string of the molecule is CCc1nn(C)c(CC)c1CNC(=NC)N(C)Cc1ccccc1. The van der Waals surface area contributed by atoms with E-state index >= 15 is 0 Å². The molecule has 5 heteroatoms. The number of nitrogens with one attached hydrogen (secondary N) is 1. The van der Waals surface area contributed by atoms with Gasteiger partial charge in [-0.3, -0.25) is 9.67 Å². The molecule has 0 fully saturated rings. The highest BCUT2D eigenvalue weighted by molar-refractivity contribution is 5.79. The van der Waals surface area contributed by atoms with E-state index in [2.05, 4.69) is 65.5 Å². The van der Waals surface area contributed by atoms with Crippen molar-refractivity contribution in [3.63, 3.8) is 0 Å². The van der Waals surface area contributed by atoms with Gasteiger partial charge in [-0.1, -0.05) is 44.2 Å². The lowest BCUT2D eigenvalue weighted by Gasteiger charge is -2.22. The predicted octanol–water partition coefficient (Wildman–Crippen LogP) is 2.75. The maximum atomic E-state index is 4.64. The number of aromatic nitrogens is 2. The van der Waals surface area contributed by atoms with E-state index < -0.39 is 0 Å². The molecule has 0 radical (unpaired) electrons. The Kier molecular flexibility index (Phi) is 6.41. The minimum Gasteiger partial charge on any atom is -0.352 e. The highest BCUT2D eigenvalue weighted by Gasteiger charge is 2.15. The Labute approximate surface area is 145 Å². The first kappa shape index (κ1) is 18.0. The average Bonchev–Trinajstić information content (AvgIpc) is 2.91. The van der Waals surface area contributed by atoms with Gasteiger partial charge in [-0.15, -0.1) is 0 Å². The summed E-state index contributed by atoms with van der Waals surface area (Å²) in [5.41, 5.74) is 5.04. The van der Waals surface area contributed by atoms with Crippen LogP contribution in [0.25, 0.3) is 0 Å². The molecule has 1 heterocycles. The molecule has 0 aliphatic heterocycles. The Bertz CT molecular complexity index is 673. The second kappa shape index (κ2) is 8.52. The number of rotatable bonds is 6. The van der Waals surface area contributed by atoms with Gasteiger partial charge in [0.05, 0.1) is 5.69 Å². The number of aryl methyl sites for hydroxylation is 2. The molecule has 0 aliphatic rings. The zero-order valence-electron chi connectivity index (χ0n) is 15.5. The van der Waals surface area contributed by atoms with Crippen LogP contribution in [0.15, 0.2) is 35.3 Å². The average molecular weight is 327 g/mol. The van der Waals surface area contributed by atoms with E-state index in [-0.39, 0.29) is 0 Å². The first-order valence-electron chi connectivity index (χ1n) is 8.59. The van der Waals surface area contributed by atoms with Crippen LogP contribution in [0.1, 0.15) is 36.4 Å². The monoisotopic (exact) mass is 327 g/mol. The second-order valence-corrected chi connectivity index (χ2v) is 5.95. The third-order valence-electron chi connectivity index (χ3n) is 4.29. The van der Waals surface area contributed by atoms with Crippen LogP contribution in [0.5, 0.6) is 0 Å². The van der Waals surface area contributed by atoms with Gasteiger partial charge in [-0.2, -0.15) is 5.10 Å². The summed E-state index contributed by atoms with van der Waals surface area (Å²) in [7, 11) is 5.92. The van der Waals surface area contributed by atoms with Crippen molar-refractivity contribution in [2.24, 2.45) is 12.0 Å². The molecule has 130 valence electrons. The molecule has 0 spiro atoms. The molecule has 24 heavy (non-hydrogen) atoms. The zero-order chi connectivity index (χ0) is 17.5. The van der Waals surface area contributed by atoms with Crippen molar-refractivity contribution in [2.45, 2.75) is 39.8 Å². The van der Waals surface area contributed by atoms with Gasteiger partial charge in [0.25, 0.3) is 0 Å². The first-order valence-corrected chi connectivity index (χ1v) is 8.59. The van der Waals surface area contributed by atoms with Gasteiger partial charge < -0.3 is 10.2 Å². The fourth-order valence-electron chi connectivity index (χ4n) is 3.08. The van der Waals surface area contributed by atoms with Gasteiger partial charge in [0, 0.05) is 45.5 Å². The molecule has 5 nitrogen and oxygen atoms in total. The van der Waals surface area contributed by atoms with Crippen molar-refractivity contribution in [3.8, 4) is 0 Å². The minimum absolute atomic E-state index is 0.756. The molecule has 0 amide bonds. The molecule has 1 aromatic carbocycles. The van der Waals surface area contributed by atoms with Gasteiger partial charge >= 0.3 is 0 Å². The Hall–Kier alpha value is -2.30. The fraction of sp³-hybridized carbons (Fsp3) is 0.474. The molecular weight excluding hydrogens is 298 g/mol. The van der Waals surface area contributed by atoms with Crippen LogP contribution >= 0.6 is 0 Å². The lowest BCUT2D eigenvalue weighted by molar-refractivity contribution is 0.476. The van der Waals surface area contributed by atoms with Crippen molar-refractivity contribution in [1.29, 1.82) is 0 Å².